The van der Waals surface area contributed by atoms with E-state index in [0.717, 1.165) is 24.0 Å². The third kappa shape index (κ3) is 3.32. The number of benzene rings is 2. The van der Waals surface area contributed by atoms with Gasteiger partial charge in [-0.05, 0) is 48.4 Å². The molecule has 2 aromatic carbocycles. The molecule has 1 amide bonds. The van der Waals surface area contributed by atoms with Crippen molar-refractivity contribution in [3.05, 3.63) is 63.6 Å². The van der Waals surface area contributed by atoms with Crippen molar-refractivity contribution in [2.45, 2.75) is 43.2 Å². The van der Waals surface area contributed by atoms with E-state index in [1.807, 2.05) is 30.3 Å². The van der Waals surface area contributed by atoms with Crippen LogP contribution < -0.4 is 10.2 Å². The van der Waals surface area contributed by atoms with Gasteiger partial charge in [-0.2, -0.15) is 0 Å². The number of nitrogens with one attached hydrogen (secondary N) is 2. The van der Waals surface area contributed by atoms with E-state index in [1.54, 1.807) is 0 Å². The second-order valence-corrected chi connectivity index (χ2v) is 8.47. The third-order valence-corrected chi connectivity index (χ3v) is 6.36. The zero-order valence-corrected chi connectivity index (χ0v) is 15.8. The van der Waals surface area contributed by atoms with E-state index in [9.17, 15) is 18.1 Å². The van der Waals surface area contributed by atoms with Crippen LogP contribution in [0.3, 0.4) is 0 Å². The molecule has 4 rings (SSSR count). The first-order chi connectivity index (χ1) is 13.5. The molecule has 2 aromatic rings. The van der Waals surface area contributed by atoms with Gasteiger partial charge in [-0.25, -0.2) is 8.42 Å². The molecule has 0 saturated heterocycles. The number of carbonyl (C=O) groups excluding carboxylic acids is 1. The van der Waals surface area contributed by atoms with Gasteiger partial charge in [0.2, 0.25) is 0 Å². The summed E-state index contributed by atoms with van der Waals surface area (Å²) in [6.45, 7) is 0.0752. The van der Waals surface area contributed by atoms with Crippen molar-refractivity contribution in [3.8, 4) is 0 Å². The lowest BCUT2D eigenvalue weighted by atomic mass is 9.88. The molecule has 2 aliphatic rings. The summed E-state index contributed by atoms with van der Waals surface area (Å²) in [5.41, 5.74) is 3.10. The summed E-state index contributed by atoms with van der Waals surface area (Å²) < 4.78 is 25.8. The number of nitrogens with zero attached hydrogens (tertiary/aromatic N) is 1. The molecule has 28 heavy (non-hydrogen) atoms. The molecule has 1 aliphatic carbocycles. The molecule has 1 aliphatic heterocycles. The molecule has 146 valence electrons. The first-order valence-corrected chi connectivity index (χ1v) is 10.5. The maximum Gasteiger partial charge on any atom is 0.262 e. The standard InChI is InChI=1S/C19H19N3O5S/c23-19-18(21-24)15-10-16(13-8-4-5-9-14(13)17(15)20-19)28(25,26)22-27-11-12-6-2-1-3-7-12/h1-3,6-7,10,18,22H,4-5,8-9,11H2,(H,20,23). The predicted octanol–water partition coefficient (Wildman–Crippen LogP) is 2.74. The second-order valence-electron chi connectivity index (χ2n) is 6.86. The van der Waals surface area contributed by atoms with Crippen LogP contribution in [-0.2, 0) is 39.1 Å². The Morgan fingerprint density at radius 1 is 1.14 bits per heavy atom. The number of hydrogen-bond donors (Lipinski definition) is 2. The highest BCUT2D eigenvalue weighted by Crippen LogP contribution is 2.43. The Kier molecular flexibility index (Phi) is 4.96. The Bertz CT molecular complexity index is 1040. The number of anilines is 1. The summed E-state index contributed by atoms with van der Waals surface area (Å²) in [7, 11) is -4.00. The van der Waals surface area contributed by atoms with Crippen LogP contribution in [0, 0.1) is 4.91 Å². The van der Waals surface area contributed by atoms with Gasteiger partial charge in [0.05, 0.1) is 17.2 Å². The Morgan fingerprint density at radius 3 is 2.57 bits per heavy atom. The van der Waals surface area contributed by atoms with Crippen LogP contribution in [0.2, 0.25) is 0 Å². The Balaban J connectivity index is 1.67. The van der Waals surface area contributed by atoms with Gasteiger partial charge in [0.1, 0.15) is 0 Å². The van der Waals surface area contributed by atoms with Crippen molar-refractivity contribution >= 4 is 21.6 Å². The lowest BCUT2D eigenvalue weighted by molar-refractivity contribution is -0.116. The van der Waals surface area contributed by atoms with Gasteiger partial charge in [-0.1, -0.05) is 40.4 Å². The van der Waals surface area contributed by atoms with Crippen molar-refractivity contribution in [2.24, 2.45) is 5.18 Å². The number of fused-ring (bicyclic) bond motifs is 3. The van der Waals surface area contributed by atoms with Gasteiger partial charge >= 0.3 is 0 Å². The van der Waals surface area contributed by atoms with Crippen LogP contribution in [0.1, 0.15) is 41.1 Å². The van der Waals surface area contributed by atoms with E-state index in [4.69, 9.17) is 4.84 Å². The zero-order valence-electron chi connectivity index (χ0n) is 15.0. The van der Waals surface area contributed by atoms with Crippen molar-refractivity contribution < 1.29 is 18.0 Å². The molecule has 1 heterocycles. The highest BCUT2D eigenvalue weighted by molar-refractivity contribution is 7.89. The number of hydrogen-bond acceptors (Lipinski definition) is 6. The van der Waals surface area contributed by atoms with Crippen molar-refractivity contribution in [1.29, 1.82) is 0 Å². The maximum absolute atomic E-state index is 12.9. The number of amides is 1. The predicted molar refractivity (Wildman–Crippen MR) is 102 cm³/mol. The summed E-state index contributed by atoms with van der Waals surface area (Å²) in [5.74, 6) is -0.527. The first-order valence-electron chi connectivity index (χ1n) is 9.01. The average Bonchev–Trinajstić information content (AvgIpc) is 3.03. The number of sulfonamides is 1. The highest BCUT2D eigenvalue weighted by atomic mass is 32.2. The smallest absolute Gasteiger partial charge is 0.262 e. The molecular formula is C19H19N3O5S. The normalized spacial score (nSPS) is 18.3. The minimum absolute atomic E-state index is 0.0409. The lowest BCUT2D eigenvalue weighted by Crippen LogP contribution is -2.26. The van der Waals surface area contributed by atoms with E-state index in [-0.39, 0.29) is 11.5 Å². The van der Waals surface area contributed by atoms with Crippen LogP contribution in [0.15, 0.2) is 46.5 Å². The van der Waals surface area contributed by atoms with Gasteiger partial charge in [0, 0.05) is 5.56 Å². The number of carbonyl (C=O) groups is 1. The third-order valence-electron chi connectivity index (χ3n) is 5.08. The fourth-order valence-electron chi connectivity index (χ4n) is 3.78. The minimum atomic E-state index is -4.00. The van der Waals surface area contributed by atoms with Crippen LogP contribution in [-0.4, -0.2) is 14.3 Å². The summed E-state index contributed by atoms with van der Waals surface area (Å²) in [4.78, 5) is 30.6. The van der Waals surface area contributed by atoms with Gasteiger partial charge in [-0.15, -0.1) is 4.91 Å². The fourth-order valence-corrected chi connectivity index (χ4v) is 4.91. The molecule has 2 N–H and O–H groups in total. The Morgan fingerprint density at radius 2 is 1.86 bits per heavy atom. The molecule has 0 fully saturated rings. The fraction of sp³-hybridized carbons (Fsp3) is 0.316. The molecule has 0 aromatic heterocycles. The van der Waals surface area contributed by atoms with Gasteiger partial charge in [0.25, 0.3) is 15.9 Å². The summed E-state index contributed by atoms with van der Waals surface area (Å²) in [6, 6.07) is 9.31. The van der Waals surface area contributed by atoms with E-state index in [1.165, 1.54) is 6.07 Å². The SMILES string of the molecule is O=NC1C(=O)Nc2c1cc(S(=O)(=O)NOCc1ccccc1)c1c2CCCC1. The number of nitroso groups, excluding NO2 is 1. The molecular weight excluding hydrogens is 382 g/mol. The van der Waals surface area contributed by atoms with Gasteiger partial charge in [0.15, 0.2) is 6.04 Å². The first kappa shape index (κ1) is 18.7. The summed E-state index contributed by atoms with van der Waals surface area (Å²) in [5, 5.41) is 5.57. The highest BCUT2D eigenvalue weighted by Gasteiger charge is 2.37. The van der Waals surface area contributed by atoms with E-state index in [2.05, 4.69) is 15.4 Å². The zero-order chi connectivity index (χ0) is 19.7. The molecule has 0 radical (unpaired) electrons. The topological polar surface area (TPSA) is 114 Å². The Labute approximate surface area is 162 Å². The van der Waals surface area contributed by atoms with Crippen LogP contribution in [0.4, 0.5) is 5.69 Å². The molecule has 8 nitrogen and oxygen atoms in total. The van der Waals surface area contributed by atoms with Crippen LogP contribution in [0.5, 0.6) is 0 Å². The average molecular weight is 401 g/mol. The summed E-state index contributed by atoms with van der Waals surface area (Å²) >= 11 is 0. The van der Waals surface area contributed by atoms with Crippen molar-refractivity contribution in [3.63, 3.8) is 0 Å². The number of rotatable bonds is 6. The van der Waals surface area contributed by atoms with Crippen molar-refractivity contribution in [1.82, 2.24) is 4.89 Å². The van der Waals surface area contributed by atoms with Crippen LogP contribution in [0.25, 0.3) is 0 Å². The monoisotopic (exact) mass is 401 g/mol. The molecule has 0 spiro atoms. The molecule has 9 heteroatoms. The molecule has 1 atom stereocenters. The Hall–Kier alpha value is -2.62. The van der Waals surface area contributed by atoms with Crippen molar-refractivity contribution in [2.75, 3.05) is 5.32 Å². The quantitative estimate of drug-likeness (QED) is 0.571. The van der Waals surface area contributed by atoms with E-state index in [0.29, 0.717) is 29.7 Å². The second kappa shape index (κ2) is 7.42. The molecule has 0 saturated carbocycles. The summed E-state index contributed by atoms with van der Waals surface area (Å²) in [6.07, 6.45) is 2.95. The molecule has 0 bridgehead atoms. The van der Waals surface area contributed by atoms with Gasteiger partial charge in [-0.3, -0.25) is 9.63 Å². The largest absolute Gasteiger partial charge is 0.323 e. The molecule has 1 unspecified atom stereocenters. The minimum Gasteiger partial charge on any atom is -0.323 e. The lowest BCUT2D eigenvalue weighted by Gasteiger charge is -2.22. The van der Waals surface area contributed by atoms with E-state index < -0.39 is 22.0 Å². The van der Waals surface area contributed by atoms with Gasteiger partial charge < -0.3 is 5.32 Å². The maximum atomic E-state index is 12.9. The van der Waals surface area contributed by atoms with Crippen LogP contribution >= 0.6 is 0 Å². The van der Waals surface area contributed by atoms with E-state index >= 15 is 0 Å².